The number of hydrogen-bond acceptors (Lipinski definition) is 6. The van der Waals surface area contributed by atoms with E-state index in [0.29, 0.717) is 11.5 Å². The molecule has 0 fully saturated rings. The van der Waals surface area contributed by atoms with E-state index in [1.807, 2.05) is 31.3 Å². The van der Waals surface area contributed by atoms with E-state index >= 15 is 0 Å². The van der Waals surface area contributed by atoms with Crippen molar-refractivity contribution in [3.8, 4) is 0 Å². The average Bonchev–Trinajstić information content (AvgIpc) is 2.93. The van der Waals surface area contributed by atoms with Gasteiger partial charge in [-0.1, -0.05) is 24.3 Å². The van der Waals surface area contributed by atoms with Crippen molar-refractivity contribution in [2.75, 3.05) is 23.8 Å². The highest BCUT2D eigenvalue weighted by Gasteiger charge is 2.06. The first kappa shape index (κ1) is 15.5. The number of nitrogens with two attached hydrogens (primary N) is 2. The molecule has 3 aromatic rings. The van der Waals surface area contributed by atoms with Crippen molar-refractivity contribution in [1.29, 1.82) is 0 Å². The van der Waals surface area contributed by atoms with Crippen molar-refractivity contribution < 1.29 is 0 Å². The first-order valence-electron chi connectivity index (χ1n) is 7.52. The SMILES string of the molecule is CNc1ccc(Cc2ccc(N=Nc3c(N)n[nH]c3N)cc2)cc1. The molecule has 122 valence electrons. The van der Waals surface area contributed by atoms with Crippen LogP contribution in [0.5, 0.6) is 0 Å². The second-order valence-electron chi connectivity index (χ2n) is 5.36. The summed E-state index contributed by atoms with van der Waals surface area (Å²) in [5.74, 6) is 0.538. The highest BCUT2D eigenvalue weighted by atomic mass is 15.2. The molecule has 0 spiro atoms. The molecule has 3 rings (SSSR count). The van der Waals surface area contributed by atoms with Crippen LogP contribution in [0, 0.1) is 0 Å². The van der Waals surface area contributed by atoms with E-state index in [1.165, 1.54) is 11.1 Å². The monoisotopic (exact) mass is 321 g/mol. The number of rotatable bonds is 5. The van der Waals surface area contributed by atoms with Crippen molar-refractivity contribution in [3.05, 3.63) is 59.7 Å². The van der Waals surface area contributed by atoms with Crippen LogP contribution in [-0.2, 0) is 6.42 Å². The van der Waals surface area contributed by atoms with Gasteiger partial charge < -0.3 is 16.8 Å². The van der Waals surface area contributed by atoms with E-state index in [4.69, 9.17) is 11.5 Å². The van der Waals surface area contributed by atoms with Gasteiger partial charge in [-0.25, -0.2) is 0 Å². The summed E-state index contributed by atoms with van der Waals surface area (Å²) in [6.07, 6.45) is 0.864. The largest absolute Gasteiger partial charge is 0.388 e. The van der Waals surface area contributed by atoms with Crippen LogP contribution in [0.25, 0.3) is 0 Å². The van der Waals surface area contributed by atoms with Gasteiger partial charge in [0, 0.05) is 12.7 Å². The fraction of sp³-hybridized carbons (Fsp3) is 0.118. The number of hydrogen-bond donors (Lipinski definition) is 4. The molecule has 7 nitrogen and oxygen atoms in total. The summed E-state index contributed by atoms with van der Waals surface area (Å²) in [6.45, 7) is 0. The van der Waals surface area contributed by atoms with E-state index < -0.39 is 0 Å². The fourth-order valence-corrected chi connectivity index (χ4v) is 2.28. The number of H-pyrrole nitrogens is 1. The molecular formula is C17H19N7. The average molecular weight is 321 g/mol. The van der Waals surface area contributed by atoms with Gasteiger partial charge in [-0.15, -0.1) is 5.11 Å². The molecule has 0 aliphatic heterocycles. The topological polar surface area (TPSA) is 117 Å². The molecule has 24 heavy (non-hydrogen) atoms. The molecule has 0 radical (unpaired) electrons. The molecule has 0 amide bonds. The maximum atomic E-state index is 5.68. The minimum absolute atomic E-state index is 0.234. The smallest absolute Gasteiger partial charge is 0.175 e. The molecule has 1 aromatic heterocycles. The maximum Gasteiger partial charge on any atom is 0.175 e. The Hall–Kier alpha value is -3.35. The molecule has 0 unspecified atom stereocenters. The Bertz CT molecular complexity index is 813. The molecule has 2 aromatic carbocycles. The second-order valence-corrected chi connectivity index (χ2v) is 5.36. The molecule has 0 atom stereocenters. The molecule has 0 aliphatic carbocycles. The standard InChI is InChI=1S/C17H19N7/c1-20-13-6-2-11(3-7-13)10-12-4-8-14(9-5-12)21-22-15-16(18)23-24-17(15)19/h2-9,20H,10H2,1H3,(H5,18,19,23,24). The van der Waals surface area contributed by atoms with Crippen molar-refractivity contribution in [3.63, 3.8) is 0 Å². The number of anilines is 3. The van der Waals surface area contributed by atoms with E-state index in [0.717, 1.165) is 17.8 Å². The summed E-state index contributed by atoms with van der Waals surface area (Å²) in [7, 11) is 1.91. The summed E-state index contributed by atoms with van der Waals surface area (Å²) in [4.78, 5) is 0. The molecule has 1 heterocycles. The minimum Gasteiger partial charge on any atom is -0.388 e. The summed E-state index contributed by atoms with van der Waals surface area (Å²) in [6, 6.07) is 16.2. The summed E-state index contributed by atoms with van der Waals surface area (Å²) in [5, 5.41) is 17.6. The Morgan fingerprint density at radius 2 is 1.58 bits per heavy atom. The third-order valence-electron chi connectivity index (χ3n) is 3.65. The van der Waals surface area contributed by atoms with Crippen LogP contribution >= 0.6 is 0 Å². The van der Waals surface area contributed by atoms with Crippen molar-refractivity contribution >= 4 is 28.7 Å². The normalized spacial score (nSPS) is 11.0. The van der Waals surface area contributed by atoms with Crippen LogP contribution in [0.1, 0.15) is 11.1 Å². The number of nitrogens with one attached hydrogen (secondary N) is 2. The number of nitrogens with zero attached hydrogens (tertiary/aromatic N) is 3. The Morgan fingerprint density at radius 1 is 0.958 bits per heavy atom. The van der Waals surface area contributed by atoms with E-state index in [2.05, 4.69) is 50.0 Å². The van der Waals surface area contributed by atoms with E-state index in [-0.39, 0.29) is 5.82 Å². The summed E-state index contributed by atoms with van der Waals surface area (Å²) < 4.78 is 0. The molecule has 0 bridgehead atoms. The molecular weight excluding hydrogens is 302 g/mol. The predicted octanol–water partition coefficient (Wildman–Crippen LogP) is 3.62. The van der Waals surface area contributed by atoms with Gasteiger partial charge in [-0.2, -0.15) is 10.2 Å². The Morgan fingerprint density at radius 3 is 2.12 bits per heavy atom. The van der Waals surface area contributed by atoms with E-state index in [9.17, 15) is 0 Å². The van der Waals surface area contributed by atoms with Gasteiger partial charge in [-0.05, 0) is 41.8 Å². The lowest BCUT2D eigenvalue weighted by molar-refractivity contribution is 1.11. The Balaban J connectivity index is 1.68. The van der Waals surface area contributed by atoms with Crippen molar-refractivity contribution in [2.45, 2.75) is 6.42 Å². The van der Waals surface area contributed by atoms with Crippen LogP contribution in [0.4, 0.5) is 28.7 Å². The van der Waals surface area contributed by atoms with Crippen LogP contribution in [0.15, 0.2) is 58.8 Å². The van der Waals surface area contributed by atoms with Gasteiger partial charge in [0.05, 0.1) is 5.69 Å². The zero-order valence-electron chi connectivity index (χ0n) is 13.3. The van der Waals surface area contributed by atoms with Gasteiger partial charge in [0.2, 0.25) is 0 Å². The number of aromatic nitrogens is 2. The first-order chi connectivity index (χ1) is 11.7. The minimum atomic E-state index is 0.234. The third kappa shape index (κ3) is 3.52. The van der Waals surface area contributed by atoms with Gasteiger partial charge in [0.1, 0.15) is 5.82 Å². The summed E-state index contributed by atoms with van der Waals surface area (Å²) in [5.41, 5.74) is 16.0. The Labute approximate surface area is 139 Å². The maximum absolute atomic E-state index is 5.68. The zero-order chi connectivity index (χ0) is 16.9. The van der Waals surface area contributed by atoms with Crippen LogP contribution in [-0.4, -0.2) is 17.2 Å². The molecule has 7 heteroatoms. The Kier molecular flexibility index (Phi) is 4.42. The lowest BCUT2D eigenvalue weighted by Gasteiger charge is -2.04. The fourth-order valence-electron chi connectivity index (χ4n) is 2.28. The van der Waals surface area contributed by atoms with Gasteiger partial charge in [0.25, 0.3) is 0 Å². The van der Waals surface area contributed by atoms with Gasteiger partial charge >= 0.3 is 0 Å². The van der Waals surface area contributed by atoms with Gasteiger partial charge in [-0.3, -0.25) is 5.10 Å². The lowest BCUT2D eigenvalue weighted by Crippen LogP contribution is -1.90. The van der Waals surface area contributed by atoms with Crippen LogP contribution in [0.3, 0.4) is 0 Å². The van der Waals surface area contributed by atoms with Crippen molar-refractivity contribution in [2.24, 2.45) is 10.2 Å². The van der Waals surface area contributed by atoms with Crippen LogP contribution in [0.2, 0.25) is 0 Å². The molecule has 0 saturated heterocycles. The van der Waals surface area contributed by atoms with Crippen LogP contribution < -0.4 is 16.8 Å². The quantitative estimate of drug-likeness (QED) is 0.537. The van der Waals surface area contributed by atoms with Crippen molar-refractivity contribution in [1.82, 2.24) is 10.2 Å². The predicted molar refractivity (Wildman–Crippen MR) is 96.8 cm³/mol. The lowest BCUT2D eigenvalue weighted by atomic mass is 10.0. The number of azo groups is 1. The number of benzene rings is 2. The van der Waals surface area contributed by atoms with E-state index in [1.54, 1.807) is 0 Å². The zero-order valence-corrected chi connectivity index (χ0v) is 13.3. The second kappa shape index (κ2) is 6.82. The number of aromatic amines is 1. The van der Waals surface area contributed by atoms with Gasteiger partial charge in [0.15, 0.2) is 11.5 Å². The summed E-state index contributed by atoms with van der Waals surface area (Å²) >= 11 is 0. The highest BCUT2D eigenvalue weighted by Crippen LogP contribution is 2.28. The first-order valence-corrected chi connectivity index (χ1v) is 7.52. The number of nitrogen functional groups attached to an aromatic ring is 2. The molecule has 6 N–H and O–H groups in total. The molecule has 0 saturated carbocycles. The third-order valence-corrected chi connectivity index (χ3v) is 3.65. The highest BCUT2D eigenvalue weighted by molar-refractivity contribution is 5.70. The molecule has 0 aliphatic rings.